The van der Waals surface area contributed by atoms with E-state index >= 15 is 0 Å². The second kappa shape index (κ2) is 7.78. The van der Waals surface area contributed by atoms with E-state index in [2.05, 4.69) is 56.8 Å². The van der Waals surface area contributed by atoms with Gasteiger partial charge in [0.05, 0.1) is 11.1 Å². The number of pyridine rings is 1. The summed E-state index contributed by atoms with van der Waals surface area (Å²) in [5.74, 6) is 1.32. The van der Waals surface area contributed by atoms with Crippen molar-refractivity contribution in [2.24, 2.45) is 11.0 Å². The number of aldehydes is 2. The molecule has 2 fully saturated rings. The van der Waals surface area contributed by atoms with Gasteiger partial charge >= 0.3 is 0 Å². The first-order valence-corrected chi connectivity index (χ1v) is 11.4. The Labute approximate surface area is 192 Å². The van der Waals surface area contributed by atoms with Gasteiger partial charge in [-0.3, -0.25) is 25.0 Å². The number of hydrazone groups is 1. The molecule has 0 amide bonds. The van der Waals surface area contributed by atoms with E-state index in [1.165, 1.54) is 0 Å². The number of likely N-dealkylation sites (tertiary alicyclic amines) is 1. The Balaban J connectivity index is 1.19. The molecule has 3 aliphatic rings. The van der Waals surface area contributed by atoms with Gasteiger partial charge in [0.2, 0.25) is 0 Å². The Morgan fingerprint density at radius 3 is 2.55 bits per heavy atom. The van der Waals surface area contributed by atoms with E-state index in [1.54, 1.807) is 6.20 Å². The predicted octanol–water partition coefficient (Wildman–Crippen LogP) is 3.20. The number of nitrogens with zero attached hydrogens (tertiary/aromatic N) is 4. The van der Waals surface area contributed by atoms with Gasteiger partial charge in [-0.25, -0.2) is 0 Å². The summed E-state index contributed by atoms with van der Waals surface area (Å²) >= 11 is 0. The number of benzene rings is 2. The second-order valence-electron chi connectivity index (χ2n) is 9.26. The third kappa shape index (κ3) is 3.49. The third-order valence-corrected chi connectivity index (χ3v) is 7.14. The molecule has 2 aliphatic heterocycles. The maximum Gasteiger partial charge on any atom is 0.177 e. The van der Waals surface area contributed by atoms with Gasteiger partial charge in [0.25, 0.3) is 0 Å². The standard InChI is InChI=1S/C26H25N5O2/c32-16-25-29-28-24(12-18-14-30(15-18)26(17-33)9-10-26)31(25)22-7-5-19(6-8-22)21-4-3-20-2-1-11-27-23(20)13-21/h1-8,11,13,16-18,25,29H,9-10,12,14-15H2. The lowest BCUT2D eigenvalue weighted by Gasteiger charge is -2.43. The summed E-state index contributed by atoms with van der Waals surface area (Å²) in [6.45, 7) is 1.82. The Bertz CT molecular complexity index is 1250. The van der Waals surface area contributed by atoms with Crippen molar-refractivity contribution < 1.29 is 9.59 Å². The molecule has 1 aliphatic carbocycles. The van der Waals surface area contributed by atoms with E-state index in [4.69, 9.17) is 0 Å². The third-order valence-electron chi connectivity index (χ3n) is 7.14. The minimum atomic E-state index is -0.503. The number of anilines is 1. The first kappa shape index (κ1) is 20.1. The highest BCUT2D eigenvalue weighted by atomic mass is 16.1. The van der Waals surface area contributed by atoms with Crippen LogP contribution in [-0.2, 0) is 9.59 Å². The quantitative estimate of drug-likeness (QED) is 0.570. The lowest BCUT2D eigenvalue weighted by molar-refractivity contribution is -0.116. The van der Waals surface area contributed by atoms with Gasteiger partial charge in [0.1, 0.15) is 12.1 Å². The molecule has 1 saturated carbocycles. The van der Waals surface area contributed by atoms with Gasteiger partial charge in [0.15, 0.2) is 12.5 Å². The molecule has 1 unspecified atom stereocenters. The van der Waals surface area contributed by atoms with Crippen LogP contribution in [-0.4, -0.2) is 53.1 Å². The molecular weight excluding hydrogens is 414 g/mol. The monoisotopic (exact) mass is 439 g/mol. The number of nitrogens with one attached hydrogen (secondary N) is 1. The average Bonchev–Trinajstić information content (AvgIpc) is 3.52. The van der Waals surface area contributed by atoms with Crippen LogP contribution in [0.3, 0.4) is 0 Å². The van der Waals surface area contributed by atoms with Gasteiger partial charge in [-0.1, -0.05) is 30.3 Å². The molecule has 1 saturated heterocycles. The Morgan fingerprint density at radius 1 is 1.03 bits per heavy atom. The zero-order valence-electron chi connectivity index (χ0n) is 18.2. The Hall–Kier alpha value is -3.58. The molecule has 7 nitrogen and oxygen atoms in total. The smallest absolute Gasteiger partial charge is 0.177 e. The van der Waals surface area contributed by atoms with Crippen LogP contribution in [0, 0.1) is 5.92 Å². The number of aromatic nitrogens is 1. The largest absolute Gasteiger partial charge is 0.301 e. The highest BCUT2D eigenvalue weighted by Gasteiger charge is 2.52. The maximum absolute atomic E-state index is 11.7. The van der Waals surface area contributed by atoms with Crippen LogP contribution < -0.4 is 10.3 Å². The number of carbonyl (C=O) groups excluding carboxylic acids is 2. The van der Waals surface area contributed by atoms with Crippen LogP contribution in [0.2, 0.25) is 0 Å². The van der Waals surface area contributed by atoms with Crippen molar-refractivity contribution in [3.63, 3.8) is 0 Å². The Kier molecular flexibility index (Phi) is 4.73. The highest BCUT2D eigenvalue weighted by molar-refractivity contribution is 6.02. The molecule has 1 atom stereocenters. The van der Waals surface area contributed by atoms with Crippen molar-refractivity contribution in [1.82, 2.24) is 15.3 Å². The van der Waals surface area contributed by atoms with Gasteiger partial charge in [-0.2, -0.15) is 5.10 Å². The fourth-order valence-corrected chi connectivity index (χ4v) is 4.98. The highest BCUT2D eigenvalue weighted by Crippen LogP contribution is 2.44. The van der Waals surface area contributed by atoms with Crippen LogP contribution in [0.1, 0.15) is 19.3 Å². The normalized spacial score (nSPS) is 21.9. The number of hydrogen-bond donors (Lipinski definition) is 1. The maximum atomic E-state index is 11.7. The van der Waals surface area contributed by atoms with Crippen LogP contribution in [0.15, 0.2) is 65.9 Å². The van der Waals surface area contributed by atoms with Crippen LogP contribution >= 0.6 is 0 Å². The molecule has 1 aromatic heterocycles. The Morgan fingerprint density at radius 2 is 1.82 bits per heavy atom. The van der Waals surface area contributed by atoms with Crippen molar-refractivity contribution in [2.75, 3.05) is 18.0 Å². The summed E-state index contributed by atoms with van der Waals surface area (Å²) < 4.78 is 0. The predicted molar refractivity (Wildman–Crippen MR) is 128 cm³/mol. The lowest BCUT2D eigenvalue weighted by atomic mass is 9.92. The summed E-state index contributed by atoms with van der Waals surface area (Å²) in [6.07, 6.45) is 6.03. The van der Waals surface area contributed by atoms with Crippen molar-refractivity contribution in [1.29, 1.82) is 0 Å². The number of amidine groups is 1. The first-order valence-electron chi connectivity index (χ1n) is 11.4. The molecule has 1 N–H and O–H groups in total. The number of hydrogen-bond acceptors (Lipinski definition) is 7. The minimum Gasteiger partial charge on any atom is -0.301 e. The van der Waals surface area contributed by atoms with Gasteiger partial charge < -0.3 is 4.79 Å². The topological polar surface area (TPSA) is 77.9 Å². The van der Waals surface area contributed by atoms with Crippen LogP contribution in [0.25, 0.3) is 22.0 Å². The van der Waals surface area contributed by atoms with Gasteiger partial charge in [-0.15, -0.1) is 0 Å². The molecule has 2 aromatic carbocycles. The summed E-state index contributed by atoms with van der Waals surface area (Å²) in [4.78, 5) is 31.8. The molecule has 6 rings (SSSR count). The van der Waals surface area contributed by atoms with E-state index in [0.717, 1.165) is 78.5 Å². The van der Waals surface area contributed by atoms with E-state index in [9.17, 15) is 9.59 Å². The molecule has 0 radical (unpaired) electrons. The van der Waals surface area contributed by atoms with Gasteiger partial charge in [0, 0.05) is 36.8 Å². The van der Waals surface area contributed by atoms with E-state index in [-0.39, 0.29) is 5.54 Å². The second-order valence-corrected chi connectivity index (χ2v) is 9.26. The summed E-state index contributed by atoms with van der Waals surface area (Å²) in [6, 6.07) is 18.5. The molecule has 33 heavy (non-hydrogen) atoms. The zero-order chi connectivity index (χ0) is 22.4. The lowest BCUT2D eigenvalue weighted by Crippen LogP contribution is -2.55. The van der Waals surface area contributed by atoms with Crippen molar-refractivity contribution in [3.05, 3.63) is 60.8 Å². The van der Waals surface area contributed by atoms with Crippen molar-refractivity contribution >= 4 is 35.0 Å². The molecule has 166 valence electrons. The van der Waals surface area contributed by atoms with Crippen LogP contribution in [0.5, 0.6) is 0 Å². The molecule has 0 spiro atoms. The average molecular weight is 440 g/mol. The molecule has 0 bridgehead atoms. The molecule has 3 aromatic rings. The molecule has 7 heteroatoms. The zero-order valence-corrected chi connectivity index (χ0v) is 18.2. The van der Waals surface area contributed by atoms with E-state index in [1.807, 2.05) is 23.1 Å². The van der Waals surface area contributed by atoms with Crippen molar-refractivity contribution in [3.8, 4) is 11.1 Å². The fraction of sp³-hybridized carbons (Fsp3) is 0.308. The first-order chi connectivity index (χ1) is 16.2. The van der Waals surface area contributed by atoms with Crippen LogP contribution in [0.4, 0.5) is 5.69 Å². The molecule has 3 heterocycles. The summed E-state index contributed by atoms with van der Waals surface area (Å²) in [7, 11) is 0. The van der Waals surface area contributed by atoms with E-state index < -0.39 is 6.17 Å². The van der Waals surface area contributed by atoms with Gasteiger partial charge in [-0.05, 0) is 54.2 Å². The minimum absolute atomic E-state index is 0.189. The summed E-state index contributed by atoms with van der Waals surface area (Å²) in [5, 5.41) is 5.59. The van der Waals surface area contributed by atoms with Crippen molar-refractivity contribution in [2.45, 2.75) is 31.0 Å². The van der Waals surface area contributed by atoms with E-state index in [0.29, 0.717) is 5.92 Å². The number of carbonyl (C=O) groups is 2. The number of fused-ring (bicyclic) bond motifs is 1. The SMILES string of the molecule is O=CC1NN=C(CC2CN(C3(C=O)CC3)C2)N1c1ccc(-c2ccc3cccnc3c2)cc1. The fourth-order valence-electron chi connectivity index (χ4n) is 4.98. The molecular formula is C26H25N5O2. The summed E-state index contributed by atoms with van der Waals surface area (Å²) in [5.41, 5.74) is 6.87. The number of rotatable bonds is 7.